The molecule has 0 radical (unpaired) electrons. The van der Waals surface area contributed by atoms with Gasteiger partial charge in [0.1, 0.15) is 0 Å². The Hall–Kier alpha value is -0.130. The lowest BCUT2D eigenvalue weighted by molar-refractivity contribution is 0.444. The Morgan fingerprint density at radius 1 is 1.43 bits per heavy atom. The maximum Gasteiger partial charge on any atom is 0.208 e. The fourth-order valence-electron chi connectivity index (χ4n) is 1.79. The molecular weight excluding hydrogens is 200 g/mol. The molecule has 1 aliphatic rings. The molecule has 0 saturated carbocycles. The number of nitrogens with one attached hydrogen (secondary N) is 2. The minimum absolute atomic E-state index is 0.575. The lowest BCUT2D eigenvalue weighted by atomic mass is 10.0. The average molecular weight is 220 g/mol. The number of hydrogen-bond donors (Lipinski definition) is 2. The van der Waals surface area contributed by atoms with Crippen molar-refractivity contribution in [3.63, 3.8) is 0 Å². The van der Waals surface area contributed by atoms with E-state index in [2.05, 4.69) is 10.0 Å². The lowest BCUT2D eigenvalue weighted by Crippen LogP contribution is -2.27. The predicted octanol–water partition coefficient (Wildman–Crippen LogP) is 0.315. The van der Waals surface area contributed by atoms with Gasteiger partial charge in [-0.3, -0.25) is 0 Å². The van der Waals surface area contributed by atoms with Crippen molar-refractivity contribution in [2.24, 2.45) is 5.92 Å². The summed E-state index contributed by atoms with van der Waals surface area (Å²) in [7, 11) is -3.00. The molecule has 0 aromatic heterocycles. The standard InChI is InChI=1S/C9H20N2O2S/c1-14(12,13)11-7-5-9-4-2-3-6-10-8-9/h9-11H,2-8H2,1H3. The molecule has 2 N–H and O–H groups in total. The van der Waals surface area contributed by atoms with Gasteiger partial charge < -0.3 is 5.32 Å². The van der Waals surface area contributed by atoms with Crippen LogP contribution < -0.4 is 10.0 Å². The van der Waals surface area contributed by atoms with E-state index >= 15 is 0 Å². The van der Waals surface area contributed by atoms with E-state index in [0.29, 0.717) is 12.5 Å². The Kier molecular flexibility index (Phi) is 4.84. The zero-order valence-electron chi connectivity index (χ0n) is 8.75. The molecule has 1 fully saturated rings. The molecule has 0 bridgehead atoms. The van der Waals surface area contributed by atoms with Crippen molar-refractivity contribution in [3.8, 4) is 0 Å². The van der Waals surface area contributed by atoms with Gasteiger partial charge in [0.15, 0.2) is 0 Å². The monoisotopic (exact) mass is 220 g/mol. The average Bonchev–Trinajstić information content (AvgIpc) is 2.30. The van der Waals surface area contributed by atoms with Crippen LogP contribution in [0.15, 0.2) is 0 Å². The molecule has 1 rings (SSSR count). The van der Waals surface area contributed by atoms with Crippen molar-refractivity contribution in [1.29, 1.82) is 0 Å². The largest absolute Gasteiger partial charge is 0.316 e. The minimum atomic E-state index is -3.00. The molecule has 0 aromatic carbocycles. The van der Waals surface area contributed by atoms with Crippen molar-refractivity contribution < 1.29 is 8.42 Å². The SMILES string of the molecule is CS(=O)(=O)NCCC1CCCCNC1. The summed E-state index contributed by atoms with van der Waals surface area (Å²) in [4.78, 5) is 0. The van der Waals surface area contributed by atoms with Gasteiger partial charge in [-0.15, -0.1) is 0 Å². The van der Waals surface area contributed by atoms with Crippen molar-refractivity contribution in [2.75, 3.05) is 25.9 Å². The van der Waals surface area contributed by atoms with Gasteiger partial charge >= 0.3 is 0 Å². The fourth-order valence-corrected chi connectivity index (χ4v) is 2.27. The van der Waals surface area contributed by atoms with Gasteiger partial charge in [-0.05, 0) is 38.3 Å². The van der Waals surface area contributed by atoms with Crippen LogP contribution in [0.3, 0.4) is 0 Å². The van der Waals surface area contributed by atoms with Crippen LogP contribution in [0.1, 0.15) is 25.7 Å². The van der Waals surface area contributed by atoms with Crippen LogP contribution in [0.5, 0.6) is 0 Å². The highest BCUT2D eigenvalue weighted by Crippen LogP contribution is 2.13. The van der Waals surface area contributed by atoms with Crippen molar-refractivity contribution in [1.82, 2.24) is 10.0 Å². The minimum Gasteiger partial charge on any atom is -0.316 e. The van der Waals surface area contributed by atoms with E-state index < -0.39 is 10.0 Å². The third-order valence-corrected chi connectivity index (χ3v) is 3.29. The second-order valence-corrected chi connectivity index (χ2v) is 5.85. The first-order valence-corrected chi connectivity index (χ1v) is 7.12. The Morgan fingerprint density at radius 3 is 2.93 bits per heavy atom. The Morgan fingerprint density at radius 2 is 2.21 bits per heavy atom. The van der Waals surface area contributed by atoms with E-state index in [0.717, 1.165) is 19.5 Å². The van der Waals surface area contributed by atoms with Crippen LogP contribution >= 0.6 is 0 Å². The van der Waals surface area contributed by atoms with Crippen LogP contribution in [0.2, 0.25) is 0 Å². The third-order valence-electron chi connectivity index (χ3n) is 2.57. The Balaban J connectivity index is 2.16. The first-order chi connectivity index (χ1) is 6.58. The summed E-state index contributed by atoms with van der Waals surface area (Å²) >= 11 is 0. The quantitative estimate of drug-likeness (QED) is 0.717. The molecule has 0 aromatic rings. The molecule has 1 atom stereocenters. The zero-order valence-corrected chi connectivity index (χ0v) is 9.57. The number of rotatable bonds is 4. The van der Waals surface area contributed by atoms with E-state index in [1.54, 1.807) is 0 Å². The van der Waals surface area contributed by atoms with Crippen LogP contribution in [0.25, 0.3) is 0 Å². The summed E-state index contributed by atoms with van der Waals surface area (Å²) in [5.41, 5.74) is 0. The summed E-state index contributed by atoms with van der Waals surface area (Å²) in [5.74, 6) is 0.631. The molecular formula is C9H20N2O2S. The van der Waals surface area contributed by atoms with Crippen molar-refractivity contribution in [3.05, 3.63) is 0 Å². The molecule has 1 aliphatic heterocycles. The summed E-state index contributed by atoms with van der Waals surface area (Å²) in [6.45, 7) is 2.71. The summed E-state index contributed by atoms with van der Waals surface area (Å²) in [6, 6.07) is 0. The third kappa shape index (κ3) is 5.57. The van der Waals surface area contributed by atoms with E-state index in [9.17, 15) is 8.42 Å². The number of sulfonamides is 1. The first kappa shape index (κ1) is 11.9. The van der Waals surface area contributed by atoms with Gasteiger partial charge in [-0.25, -0.2) is 13.1 Å². The highest BCUT2D eigenvalue weighted by atomic mass is 32.2. The second kappa shape index (κ2) is 5.68. The van der Waals surface area contributed by atoms with Gasteiger partial charge in [0.2, 0.25) is 10.0 Å². The summed E-state index contributed by atoms with van der Waals surface area (Å²) in [5, 5.41) is 3.37. The molecule has 0 spiro atoms. The molecule has 5 heteroatoms. The Bertz CT molecular complexity index is 244. The molecule has 0 aliphatic carbocycles. The molecule has 14 heavy (non-hydrogen) atoms. The molecule has 0 amide bonds. The van der Waals surface area contributed by atoms with E-state index in [-0.39, 0.29) is 0 Å². The predicted molar refractivity (Wildman–Crippen MR) is 57.7 cm³/mol. The molecule has 84 valence electrons. The molecule has 1 saturated heterocycles. The van der Waals surface area contributed by atoms with Crippen LogP contribution in [0, 0.1) is 5.92 Å². The molecule has 1 heterocycles. The second-order valence-electron chi connectivity index (χ2n) is 4.02. The van der Waals surface area contributed by atoms with Crippen molar-refractivity contribution in [2.45, 2.75) is 25.7 Å². The van der Waals surface area contributed by atoms with Gasteiger partial charge in [0.05, 0.1) is 6.26 Å². The fraction of sp³-hybridized carbons (Fsp3) is 1.00. The van der Waals surface area contributed by atoms with Gasteiger partial charge in [0, 0.05) is 6.54 Å². The van der Waals surface area contributed by atoms with E-state index in [4.69, 9.17) is 0 Å². The highest BCUT2D eigenvalue weighted by molar-refractivity contribution is 7.88. The summed E-state index contributed by atoms with van der Waals surface area (Å²) < 4.78 is 24.2. The highest BCUT2D eigenvalue weighted by Gasteiger charge is 2.11. The summed E-state index contributed by atoms with van der Waals surface area (Å²) in [6.07, 6.45) is 5.88. The normalized spacial score (nSPS) is 24.5. The zero-order chi connectivity index (χ0) is 10.4. The van der Waals surface area contributed by atoms with Crippen molar-refractivity contribution >= 4 is 10.0 Å². The van der Waals surface area contributed by atoms with Gasteiger partial charge in [0.25, 0.3) is 0 Å². The van der Waals surface area contributed by atoms with E-state index in [1.165, 1.54) is 25.5 Å². The van der Waals surface area contributed by atoms with Crippen LogP contribution in [-0.4, -0.2) is 34.3 Å². The topological polar surface area (TPSA) is 58.2 Å². The smallest absolute Gasteiger partial charge is 0.208 e. The lowest BCUT2D eigenvalue weighted by Gasteiger charge is -2.13. The number of hydrogen-bond acceptors (Lipinski definition) is 3. The molecule has 1 unspecified atom stereocenters. The maximum absolute atomic E-state index is 10.8. The first-order valence-electron chi connectivity index (χ1n) is 5.23. The van der Waals surface area contributed by atoms with E-state index in [1.807, 2.05) is 0 Å². The van der Waals surface area contributed by atoms with Gasteiger partial charge in [-0.2, -0.15) is 0 Å². The Labute approximate surface area is 86.5 Å². The molecule has 4 nitrogen and oxygen atoms in total. The van der Waals surface area contributed by atoms with Crippen LogP contribution in [-0.2, 0) is 10.0 Å². The maximum atomic E-state index is 10.8. The van der Waals surface area contributed by atoms with Crippen LogP contribution in [0.4, 0.5) is 0 Å². The van der Waals surface area contributed by atoms with Gasteiger partial charge in [-0.1, -0.05) is 6.42 Å².